The van der Waals surface area contributed by atoms with Crippen LogP contribution in [-0.2, 0) is 23.7 Å². The number of ether oxygens (including phenoxy) is 4. The van der Waals surface area contributed by atoms with Crippen LogP contribution in [0.3, 0.4) is 0 Å². The number of cyclic esters (lactones) is 1. The molecule has 1 saturated heterocycles. The molecule has 0 aliphatic carbocycles. The van der Waals surface area contributed by atoms with Crippen LogP contribution in [0.5, 0.6) is 0 Å². The van der Waals surface area contributed by atoms with Crippen LogP contribution in [0.2, 0.25) is 0 Å². The Hall–Kier alpha value is -2.41. The lowest BCUT2D eigenvalue weighted by Crippen LogP contribution is -2.59. The second-order valence-electron chi connectivity index (χ2n) is 10.1. The monoisotopic (exact) mass is 578 g/mol. The van der Waals surface area contributed by atoms with Crippen LogP contribution in [0.25, 0.3) is 0 Å². The van der Waals surface area contributed by atoms with Gasteiger partial charge in [-0.25, -0.2) is 4.79 Å². The summed E-state index contributed by atoms with van der Waals surface area (Å²) >= 11 is 0. The maximum Gasteiger partial charge on any atom is 0.331 e. The molecular weight excluding hydrogens is 532 g/mol. The van der Waals surface area contributed by atoms with Gasteiger partial charge in [-0.2, -0.15) is 0 Å². The summed E-state index contributed by atoms with van der Waals surface area (Å²) in [7, 11) is 1.66. The normalized spacial score (nSPS) is 39.1. The molecule has 9 atom stereocenters. The zero-order valence-corrected chi connectivity index (χ0v) is 23.9. The van der Waals surface area contributed by atoms with Crippen molar-refractivity contribution >= 4 is 5.97 Å². The lowest BCUT2D eigenvalue weighted by molar-refractivity contribution is -0.307. The van der Waals surface area contributed by atoms with E-state index in [-0.39, 0.29) is 12.2 Å². The van der Waals surface area contributed by atoms with E-state index in [1.807, 2.05) is 37.3 Å². The molecule has 230 valence electrons. The molecule has 0 aromatic carbocycles. The molecule has 0 amide bonds. The van der Waals surface area contributed by atoms with E-state index in [1.54, 1.807) is 43.6 Å². The Balaban J connectivity index is 2.12. The Labute approximate surface area is 242 Å². The van der Waals surface area contributed by atoms with Crippen LogP contribution in [-0.4, -0.2) is 100 Å². The molecule has 41 heavy (non-hydrogen) atoms. The van der Waals surface area contributed by atoms with Crippen molar-refractivity contribution in [3.8, 4) is 0 Å². The number of aliphatic hydroxyl groups is 5. The molecule has 1 fully saturated rings. The number of allylic oxidation sites excluding steroid dienone is 6. The molecular formula is C31H46O10. The van der Waals surface area contributed by atoms with Gasteiger partial charge in [-0.15, -0.1) is 0 Å². The predicted octanol–water partition coefficient (Wildman–Crippen LogP) is 2.17. The van der Waals surface area contributed by atoms with Crippen LogP contribution in [0.15, 0.2) is 72.9 Å². The number of rotatable bonds is 4. The van der Waals surface area contributed by atoms with E-state index in [1.165, 1.54) is 6.08 Å². The summed E-state index contributed by atoms with van der Waals surface area (Å²) in [6, 6.07) is 0. The molecule has 1 unspecified atom stereocenters. The topological polar surface area (TPSA) is 155 Å². The number of aliphatic hydroxyl groups excluding tert-OH is 5. The Morgan fingerprint density at radius 1 is 0.829 bits per heavy atom. The maximum atomic E-state index is 12.2. The van der Waals surface area contributed by atoms with Gasteiger partial charge >= 0.3 is 5.97 Å². The second kappa shape index (κ2) is 19.7. The first-order valence-corrected chi connectivity index (χ1v) is 14.1. The molecule has 0 bridgehead atoms. The van der Waals surface area contributed by atoms with Crippen molar-refractivity contribution in [2.75, 3.05) is 13.7 Å². The van der Waals surface area contributed by atoms with E-state index in [9.17, 15) is 30.3 Å². The largest absolute Gasteiger partial charge is 0.460 e. The van der Waals surface area contributed by atoms with Crippen molar-refractivity contribution in [1.29, 1.82) is 0 Å². The summed E-state index contributed by atoms with van der Waals surface area (Å²) in [5, 5.41) is 50.2. The minimum atomic E-state index is -1.55. The fourth-order valence-corrected chi connectivity index (χ4v) is 4.25. The summed E-state index contributed by atoms with van der Waals surface area (Å²) < 4.78 is 22.3. The van der Waals surface area contributed by atoms with E-state index in [2.05, 4.69) is 0 Å². The second-order valence-corrected chi connectivity index (χ2v) is 10.1. The summed E-state index contributed by atoms with van der Waals surface area (Å²) in [4.78, 5) is 12.2. The fourth-order valence-electron chi connectivity index (χ4n) is 4.25. The van der Waals surface area contributed by atoms with Gasteiger partial charge < -0.3 is 44.5 Å². The first-order valence-electron chi connectivity index (χ1n) is 14.1. The van der Waals surface area contributed by atoms with Gasteiger partial charge in [-0.05, 0) is 45.4 Å². The molecule has 0 spiro atoms. The van der Waals surface area contributed by atoms with Crippen LogP contribution in [0.4, 0.5) is 0 Å². The van der Waals surface area contributed by atoms with E-state index in [4.69, 9.17) is 18.9 Å². The standard InChI is InChI=1S/C31H46O10/c1-22-13-12-19-24(38-2)16-8-3-6-14-23(33)15-7-4-9-17-25(18-10-5-11-20-27(34)39-22)40-31-30(37)29(36)28(35)26(21-32)41-31/h3-11,16-17,20,22-26,28-33,35-37H,12-15,18-19,21H2,1-2H3/b6-3+,7-4+,10-5+,16-8+,17-9?,20-11-/t22-,23-,24?,25-,26-,28-,29+,30-,31-/m1/s1. The Morgan fingerprint density at radius 2 is 1.46 bits per heavy atom. The van der Waals surface area contributed by atoms with Gasteiger partial charge in [0.1, 0.15) is 24.4 Å². The summed E-state index contributed by atoms with van der Waals surface area (Å²) in [6.45, 7) is 1.29. The first kappa shape index (κ1) is 34.8. The first-order chi connectivity index (χ1) is 19.7. The lowest BCUT2D eigenvalue weighted by Gasteiger charge is -2.40. The molecule has 0 aromatic heterocycles. The van der Waals surface area contributed by atoms with Crippen LogP contribution in [0, 0.1) is 0 Å². The number of esters is 1. The Morgan fingerprint density at radius 3 is 2.12 bits per heavy atom. The predicted molar refractivity (Wildman–Crippen MR) is 154 cm³/mol. The Bertz CT molecular complexity index is 922. The van der Waals surface area contributed by atoms with Crippen molar-refractivity contribution in [3.05, 3.63) is 72.9 Å². The van der Waals surface area contributed by atoms with Gasteiger partial charge in [0.2, 0.25) is 0 Å². The van der Waals surface area contributed by atoms with Gasteiger partial charge in [0.25, 0.3) is 0 Å². The molecule has 0 radical (unpaired) electrons. The molecule has 10 nitrogen and oxygen atoms in total. The number of carbonyl (C=O) groups excluding carboxylic acids is 1. The number of carbonyl (C=O) groups is 1. The summed E-state index contributed by atoms with van der Waals surface area (Å²) in [6.07, 6.45) is 16.1. The van der Waals surface area contributed by atoms with Gasteiger partial charge in [0.05, 0.1) is 31.0 Å². The third kappa shape index (κ3) is 13.4. The SMILES string of the molecule is COC1/C=C/C=C/C[C@@H](O)C/C=C/C=C[C@@H](O[C@@H]2O[C@H](CO)[C@@H](O)[C@H](O)[C@H]2O)C/C=C/C=C\C(=O)O[C@H](C)CCC1. The lowest BCUT2D eigenvalue weighted by atomic mass is 9.99. The van der Waals surface area contributed by atoms with E-state index in [0.717, 1.165) is 12.8 Å². The maximum absolute atomic E-state index is 12.2. The highest BCUT2D eigenvalue weighted by Crippen LogP contribution is 2.24. The van der Waals surface area contributed by atoms with Crippen LogP contribution >= 0.6 is 0 Å². The average Bonchev–Trinajstić information content (AvgIpc) is 2.95. The summed E-state index contributed by atoms with van der Waals surface area (Å²) in [5.41, 5.74) is 0. The van der Waals surface area contributed by atoms with E-state index in [0.29, 0.717) is 25.7 Å². The summed E-state index contributed by atoms with van der Waals surface area (Å²) in [5.74, 6) is -0.453. The molecule has 2 rings (SSSR count). The minimum absolute atomic E-state index is 0.0497. The Kier molecular flexibility index (Phi) is 16.7. The van der Waals surface area contributed by atoms with Crippen molar-refractivity contribution in [1.82, 2.24) is 0 Å². The van der Waals surface area contributed by atoms with Gasteiger partial charge in [0.15, 0.2) is 6.29 Å². The van der Waals surface area contributed by atoms with Crippen LogP contribution in [0.1, 0.15) is 45.4 Å². The smallest absolute Gasteiger partial charge is 0.331 e. The highest BCUT2D eigenvalue weighted by Gasteiger charge is 2.44. The number of methoxy groups -OCH3 is 1. The molecule has 2 heterocycles. The fraction of sp³-hybridized carbons (Fsp3) is 0.581. The highest BCUT2D eigenvalue weighted by atomic mass is 16.7. The number of hydrogen-bond donors (Lipinski definition) is 5. The zero-order chi connectivity index (χ0) is 30.0. The van der Waals surface area contributed by atoms with Gasteiger partial charge in [0, 0.05) is 13.2 Å². The zero-order valence-electron chi connectivity index (χ0n) is 23.9. The van der Waals surface area contributed by atoms with E-state index < -0.39 is 55.5 Å². The average molecular weight is 579 g/mol. The molecule has 0 saturated carbocycles. The van der Waals surface area contributed by atoms with Crippen molar-refractivity contribution in [3.63, 3.8) is 0 Å². The molecule has 0 aromatic rings. The quantitative estimate of drug-likeness (QED) is 0.314. The third-order valence-electron chi connectivity index (χ3n) is 6.69. The molecule has 2 aliphatic rings. The molecule has 10 heteroatoms. The third-order valence-corrected chi connectivity index (χ3v) is 6.69. The minimum Gasteiger partial charge on any atom is -0.460 e. The van der Waals surface area contributed by atoms with Crippen molar-refractivity contribution in [2.45, 2.75) is 101 Å². The van der Waals surface area contributed by atoms with Crippen LogP contribution < -0.4 is 0 Å². The molecule has 2 aliphatic heterocycles. The van der Waals surface area contributed by atoms with Gasteiger partial charge in [-0.3, -0.25) is 0 Å². The van der Waals surface area contributed by atoms with Crippen molar-refractivity contribution in [2.24, 2.45) is 0 Å². The highest BCUT2D eigenvalue weighted by molar-refractivity contribution is 5.82. The van der Waals surface area contributed by atoms with Gasteiger partial charge in [-0.1, -0.05) is 66.8 Å². The number of hydrogen-bond acceptors (Lipinski definition) is 10. The van der Waals surface area contributed by atoms with Crippen molar-refractivity contribution < 1.29 is 49.3 Å². The molecule has 5 N–H and O–H groups in total. The van der Waals surface area contributed by atoms with E-state index >= 15 is 0 Å².